The van der Waals surface area contributed by atoms with Crippen LogP contribution in [-0.2, 0) is 4.79 Å². The first kappa shape index (κ1) is 20.3. The van der Waals surface area contributed by atoms with Crippen molar-refractivity contribution in [1.29, 1.82) is 0 Å². The van der Waals surface area contributed by atoms with Gasteiger partial charge < -0.3 is 20.9 Å². The molecule has 6 nitrogen and oxygen atoms in total. The number of para-hydroxylation sites is 2. The van der Waals surface area contributed by atoms with Gasteiger partial charge in [0.25, 0.3) is 0 Å². The number of urea groups is 1. The van der Waals surface area contributed by atoms with Crippen LogP contribution in [-0.4, -0.2) is 38.1 Å². The SMILES string of the molecule is CC(C)C(NC(=O)Nc1ccccc1)C(=O)NCCN(C)c1ccccc1. The van der Waals surface area contributed by atoms with Crippen molar-refractivity contribution >= 4 is 23.3 Å². The summed E-state index contributed by atoms with van der Waals surface area (Å²) in [6, 6.07) is 18.1. The molecule has 0 radical (unpaired) electrons. The lowest BCUT2D eigenvalue weighted by atomic mass is 10.0. The van der Waals surface area contributed by atoms with E-state index in [2.05, 4.69) is 20.9 Å². The lowest BCUT2D eigenvalue weighted by Gasteiger charge is -2.23. The monoisotopic (exact) mass is 368 g/mol. The predicted octanol–water partition coefficient (Wildman–Crippen LogP) is 3.09. The highest BCUT2D eigenvalue weighted by Gasteiger charge is 2.24. The molecule has 0 aliphatic rings. The van der Waals surface area contributed by atoms with Crippen molar-refractivity contribution in [2.75, 3.05) is 30.4 Å². The van der Waals surface area contributed by atoms with E-state index >= 15 is 0 Å². The minimum Gasteiger partial charge on any atom is -0.373 e. The molecule has 2 aromatic rings. The summed E-state index contributed by atoms with van der Waals surface area (Å²) in [5.74, 6) is -0.215. The number of benzene rings is 2. The van der Waals surface area contributed by atoms with Crippen molar-refractivity contribution in [2.24, 2.45) is 5.92 Å². The van der Waals surface area contributed by atoms with E-state index < -0.39 is 12.1 Å². The second kappa shape index (κ2) is 10.2. The van der Waals surface area contributed by atoms with Crippen molar-refractivity contribution in [2.45, 2.75) is 19.9 Å². The number of amides is 3. The van der Waals surface area contributed by atoms with Crippen molar-refractivity contribution in [3.8, 4) is 0 Å². The molecule has 1 unspecified atom stereocenters. The lowest BCUT2D eigenvalue weighted by Crippen LogP contribution is -2.51. The summed E-state index contributed by atoms with van der Waals surface area (Å²) in [6.45, 7) is 4.98. The highest BCUT2D eigenvalue weighted by atomic mass is 16.2. The molecule has 2 rings (SSSR count). The maximum atomic E-state index is 12.5. The summed E-state index contributed by atoms with van der Waals surface area (Å²) in [6.07, 6.45) is 0. The van der Waals surface area contributed by atoms with Gasteiger partial charge in [-0.15, -0.1) is 0 Å². The number of rotatable bonds is 8. The van der Waals surface area contributed by atoms with Crippen LogP contribution in [0.15, 0.2) is 60.7 Å². The standard InChI is InChI=1S/C21H28N4O2/c1-16(2)19(24-21(27)23-17-10-6-4-7-11-17)20(26)22-14-15-25(3)18-12-8-5-9-13-18/h4-13,16,19H,14-15H2,1-3H3,(H,22,26)(H2,23,24,27). The molecule has 0 bridgehead atoms. The largest absolute Gasteiger partial charge is 0.373 e. The average molecular weight is 368 g/mol. The van der Waals surface area contributed by atoms with Gasteiger partial charge >= 0.3 is 6.03 Å². The Morgan fingerprint density at radius 1 is 0.963 bits per heavy atom. The molecule has 0 fully saturated rings. The first-order valence-electron chi connectivity index (χ1n) is 9.14. The normalized spacial score (nSPS) is 11.6. The zero-order valence-electron chi connectivity index (χ0n) is 16.1. The van der Waals surface area contributed by atoms with Gasteiger partial charge in [0.15, 0.2) is 0 Å². The topological polar surface area (TPSA) is 73.5 Å². The Morgan fingerprint density at radius 2 is 1.56 bits per heavy atom. The van der Waals surface area contributed by atoms with Crippen LogP contribution in [0, 0.1) is 5.92 Å². The Hall–Kier alpha value is -3.02. The van der Waals surface area contributed by atoms with E-state index in [0.717, 1.165) is 5.69 Å². The molecule has 0 aliphatic heterocycles. The van der Waals surface area contributed by atoms with E-state index in [9.17, 15) is 9.59 Å². The number of carbonyl (C=O) groups excluding carboxylic acids is 2. The molecule has 3 N–H and O–H groups in total. The third-order valence-electron chi connectivity index (χ3n) is 4.21. The summed E-state index contributed by atoms with van der Waals surface area (Å²) >= 11 is 0. The molecule has 144 valence electrons. The molecule has 6 heteroatoms. The van der Waals surface area contributed by atoms with Crippen LogP contribution in [0.4, 0.5) is 16.2 Å². The van der Waals surface area contributed by atoms with E-state index in [1.807, 2.05) is 69.4 Å². The number of nitrogens with zero attached hydrogens (tertiary/aromatic N) is 1. The fourth-order valence-electron chi connectivity index (χ4n) is 2.63. The lowest BCUT2D eigenvalue weighted by molar-refractivity contribution is -0.123. The highest BCUT2D eigenvalue weighted by molar-refractivity contribution is 5.93. The zero-order valence-corrected chi connectivity index (χ0v) is 16.1. The van der Waals surface area contributed by atoms with Crippen molar-refractivity contribution in [3.63, 3.8) is 0 Å². The molecule has 0 saturated heterocycles. The van der Waals surface area contributed by atoms with E-state index in [0.29, 0.717) is 18.8 Å². The third-order valence-corrected chi connectivity index (χ3v) is 4.21. The maximum absolute atomic E-state index is 12.5. The molecular weight excluding hydrogens is 340 g/mol. The molecule has 27 heavy (non-hydrogen) atoms. The van der Waals surface area contributed by atoms with Gasteiger partial charge in [0, 0.05) is 31.5 Å². The summed E-state index contributed by atoms with van der Waals surface area (Å²) in [5, 5.41) is 8.41. The molecule has 0 spiro atoms. The van der Waals surface area contributed by atoms with Crippen LogP contribution in [0.3, 0.4) is 0 Å². The number of hydrogen-bond acceptors (Lipinski definition) is 3. The number of carbonyl (C=O) groups is 2. The zero-order chi connectivity index (χ0) is 19.6. The van der Waals surface area contributed by atoms with Gasteiger partial charge in [0.2, 0.25) is 5.91 Å². The second-order valence-corrected chi connectivity index (χ2v) is 6.73. The van der Waals surface area contributed by atoms with E-state index in [1.165, 1.54) is 0 Å². The second-order valence-electron chi connectivity index (χ2n) is 6.73. The molecule has 0 heterocycles. The van der Waals surface area contributed by atoms with Crippen LogP contribution in [0.25, 0.3) is 0 Å². The number of anilines is 2. The van der Waals surface area contributed by atoms with Gasteiger partial charge in [0.1, 0.15) is 6.04 Å². The molecule has 3 amide bonds. The minimum atomic E-state index is -0.601. The van der Waals surface area contributed by atoms with Gasteiger partial charge in [0.05, 0.1) is 0 Å². The summed E-state index contributed by atoms with van der Waals surface area (Å²) in [7, 11) is 1.98. The number of nitrogens with one attached hydrogen (secondary N) is 3. The predicted molar refractivity (Wildman–Crippen MR) is 110 cm³/mol. The van der Waals surface area contributed by atoms with E-state index in [-0.39, 0.29) is 11.8 Å². The molecular formula is C21H28N4O2. The van der Waals surface area contributed by atoms with Crippen LogP contribution >= 0.6 is 0 Å². The average Bonchev–Trinajstić information content (AvgIpc) is 2.67. The fraction of sp³-hybridized carbons (Fsp3) is 0.333. The van der Waals surface area contributed by atoms with Crippen LogP contribution in [0.1, 0.15) is 13.8 Å². The van der Waals surface area contributed by atoms with E-state index in [4.69, 9.17) is 0 Å². The first-order valence-corrected chi connectivity index (χ1v) is 9.14. The van der Waals surface area contributed by atoms with Crippen molar-refractivity contribution < 1.29 is 9.59 Å². The summed E-state index contributed by atoms with van der Waals surface area (Å²) in [5.41, 5.74) is 1.77. The van der Waals surface area contributed by atoms with Crippen molar-refractivity contribution in [3.05, 3.63) is 60.7 Å². The molecule has 0 aliphatic carbocycles. The Kier molecular flexibility index (Phi) is 7.67. The smallest absolute Gasteiger partial charge is 0.319 e. The fourth-order valence-corrected chi connectivity index (χ4v) is 2.63. The van der Waals surface area contributed by atoms with Gasteiger partial charge in [-0.05, 0) is 30.2 Å². The maximum Gasteiger partial charge on any atom is 0.319 e. The van der Waals surface area contributed by atoms with Crippen LogP contribution < -0.4 is 20.9 Å². The third kappa shape index (κ3) is 6.66. The van der Waals surface area contributed by atoms with Gasteiger partial charge in [-0.25, -0.2) is 4.79 Å². The molecule has 2 aromatic carbocycles. The highest BCUT2D eigenvalue weighted by Crippen LogP contribution is 2.10. The quantitative estimate of drug-likeness (QED) is 0.670. The van der Waals surface area contributed by atoms with Crippen molar-refractivity contribution in [1.82, 2.24) is 10.6 Å². The minimum absolute atomic E-state index is 0.0293. The van der Waals surface area contributed by atoms with Gasteiger partial charge in [-0.2, -0.15) is 0 Å². The Bertz CT molecular complexity index is 719. The molecule has 0 saturated carbocycles. The van der Waals surface area contributed by atoms with E-state index in [1.54, 1.807) is 12.1 Å². The Balaban J connectivity index is 1.82. The molecule has 0 aromatic heterocycles. The Labute approximate surface area is 161 Å². The number of hydrogen-bond donors (Lipinski definition) is 3. The number of likely N-dealkylation sites (N-methyl/N-ethyl adjacent to an activating group) is 1. The van der Waals surface area contributed by atoms with Gasteiger partial charge in [-0.1, -0.05) is 50.2 Å². The summed E-state index contributed by atoms with van der Waals surface area (Å²) < 4.78 is 0. The Morgan fingerprint density at radius 3 is 2.15 bits per heavy atom. The first-order chi connectivity index (χ1) is 13.0. The van der Waals surface area contributed by atoms with Crippen LogP contribution in [0.2, 0.25) is 0 Å². The van der Waals surface area contributed by atoms with Crippen LogP contribution in [0.5, 0.6) is 0 Å². The summed E-state index contributed by atoms with van der Waals surface area (Å²) in [4.78, 5) is 26.8. The molecule has 1 atom stereocenters. The van der Waals surface area contributed by atoms with Gasteiger partial charge in [-0.3, -0.25) is 4.79 Å².